The highest BCUT2D eigenvalue weighted by atomic mass is 32.2. The third-order valence-electron chi connectivity index (χ3n) is 4.61. The van der Waals surface area contributed by atoms with E-state index in [1.165, 1.54) is 11.4 Å². The van der Waals surface area contributed by atoms with Crippen molar-refractivity contribution in [1.29, 1.82) is 0 Å². The number of hydrogen-bond acceptors (Lipinski definition) is 5. The number of aryl methyl sites for hydroxylation is 1. The van der Waals surface area contributed by atoms with Crippen LogP contribution in [0, 0.1) is 6.92 Å². The lowest BCUT2D eigenvalue weighted by atomic mass is 10.2. The molecule has 140 valence electrons. The summed E-state index contributed by atoms with van der Waals surface area (Å²) in [6.45, 7) is 2.42. The summed E-state index contributed by atoms with van der Waals surface area (Å²) in [5.74, 6) is 0.852. The van der Waals surface area contributed by atoms with Gasteiger partial charge in [0.15, 0.2) is 0 Å². The summed E-state index contributed by atoms with van der Waals surface area (Å²) < 4.78 is 38.3. The van der Waals surface area contributed by atoms with Gasteiger partial charge in [0.1, 0.15) is 16.7 Å². The van der Waals surface area contributed by atoms with E-state index >= 15 is 0 Å². The Hall–Kier alpha value is -2.64. The number of para-hydroxylation sites is 1. The van der Waals surface area contributed by atoms with Crippen molar-refractivity contribution in [1.82, 2.24) is 9.29 Å². The number of benzene rings is 2. The highest BCUT2D eigenvalue weighted by molar-refractivity contribution is 7.89. The van der Waals surface area contributed by atoms with Crippen LogP contribution in [0.25, 0.3) is 10.9 Å². The first-order valence-corrected chi connectivity index (χ1v) is 10.1. The van der Waals surface area contributed by atoms with E-state index in [4.69, 9.17) is 9.47 Å². The van der Waals surface area contributed by atoms with Crippen LogP contribution in [0.1, 0.15) is 5.56 Å². The number of fused-ring (bicyclic) bond motifs is 1. The Morgan fingerprint density at radius 2 is 1.85 bits per heavy atom. The fourth-order valence-electron chi connectivity index (χ4n) is 3.08. The summed E-state index contributed by atoms with van der Waals surface area (Å²) in [5.41, 5.74) is 1.71. The third-order valence-corrected chi connectivity index (χ3v) is 6.46. The lowest BCUT2D eigenvalue weighted by Crippen LogP contribution is -2.56. The molecular weight excluding hydrogens is 364 g/mol. The smallest absolute Gasteiger partial charge is 0.247 e. The first-order valence-electron chi connectivity index (χ1n) is 8.64. The average Bonchev–Trinajstić information content (AvgIpc) is 2.64. The molecule has 0 N–H and O–H groups in total. The Morgan fingerprint density at radius 1 is 1.07 bits per heavy atom. The van der Waals surface area contributed by atoms with E-state index in [0.29, 0.717) is 11.6 Å². The number of aromatic nitrogens is 1. The Morgan fingerprint density at radius 3 is 2.63 bits per heavy atom. The van der Waals surface area contributed by atoms with Crippen molar-refractivity contribution in [3.05, 3.63) is 60.2 Å². The van der Waals surface area contributed by atoms with E-state index in [9.17, 15) is 8.42 Å². The second kappa shape index (κ2) is 6.83. The van der Waals surface area contributed by atoms with Crippen molar-refractivity contribution in [2.24, 2.45) is 0 Å². The molecule has 1 aliphatic heterocycles. The van der Waals surface area contributed by atoms with Gasteiger partial charge in [-0.25, -0.2) is 13.4 Å². The van der Waals surface area contributed by atoms with Crippen LogP contribution in [-0.2, 0) is 10.0 Å². The van der Waals surface area contributed by atoms with Crippen LogP contribution in [0.15, 0.2) is 59.5 Å². The first kappa shape index (κ1) is 17.8. The van der Waals surface area contributed by atoms with Gasteiger partial charge in [0, 0.05) is 11.5 Å². The second-order valence-corrected chi connectivity index (χ2v) is 8.46. The topological polar surface area (TPSA) is 68.7 Å². The third kappa shape index (κ3) is 3.36. The Kier molecular flexibility index (Phi) is 4.49. The fourth-order valence-corrected chi connectivity index (χ4v) is 4.82. The minimum absolute atomic E-state index is 0.187. The van der Waals surface area contributed by atoms with Gasteiger partial charge in [-0.15, -0.1) is 0 Å². The van der Waals surface area contributed by atoms with Crippen LogP contribution in [-0.4, -0.2) is 44.0 Å². The number of nitrogens with zero attached hydrogens (tertiary/aromatic N) is 2. The van der Waals surface area contributed by atoms with Crippen LogP contribution in [0.4, 0.5) is 0 Å². The number of sulfonamides is 1. The highest BCUT2D eigenvalue weighted by Gasteiger charge is 2.39. The van der Waals surface area contributed by atoms with Crippen LogP contribution in [0.5, 0.6) is 11.6 Å². The molecule has 27 heavy (non-hydrogen) atoms. The molecule has 1 saturated heterocycles. The van der Waals surface area contributed by atoms with E-state index in [1.807, 2.05) is 49.4 Å². The van der Waals surface area contributed by atoms with Gasteiger partial charge in [-0.05, 0) is 36.8 Å². The molecule has 0 amide bonds. The zero-order valence-corrected chi connectivity index (χ0v) is 15.9. The predicted octanol–water partition coefficient (Wildman–Crippen LogP) is 3.00. The summed E-state index contributed by atoms with van der Waals surface area (Å²) in [7, 11) is -2.15. The van der Waals surface area contributed by atoms with E-state index in [1.54, 1.807) is 12.1 Å². The van der Waals surface area contributed by atoms with Crippen molar-refractivity contribution in [2.75, 3.05) is 20.2 Å². The Balaban J connectivity index is 1.47. The van der Waals surface area contributed by atoms with Gasteiger partial charge < -0.3 is 9.47 Å². The van der Waals surface area contributed by atoms with Gasteiger partial charge in [-0.1, -0.05) is 24.3 Å². The first-order chi connectivity index (χ1) is 13.0. The zero-order chi connectivity index (χ0) is 19.0. The zero-order valence-electron chi connectivity index (χ0n) is 15.1. The van der Waals surface area contributed by atoms with Gasteiger partial charge in [-0.2, -0.15) is 4.31 Å². The van der Waals surface area contributed by atoms with Crippen LogP contribution in [0.3, 0.4) is 0 Å². The van der Waals surface area contributed by atoms with E-state index in [2.05, 4.69) is 4.98 Å². The summed E-state index contributed by atoms with van der Waals surface area (Å²) in [5, 5.41) is 1.04. The molecule has 2 heterocycles. The van der Waals surface area contributed by atoms with Crippen molar-refractivity contribution < 1.29 is 17.9 Å². The molecular formula is C20H20N2O4S. The molecule has 0 saturated carbocycles. The maximum atomic E-state index is 12.9. The Bertz CT molecular complexity index is 1090. The number of rotatable bonds is 5. The molecule has 2 aromatic carbocycles. The van der Waals surface area contributed by atoms with Crippen molar-refractivity contribution in [2.45, 2.75) is 17.9 Å². The fraction of sp³-hybridized carbons (Fsp3) is 0.250. The number of ether oxygens (including phenoxy) is 2. The minimum atomic E-state index is -3.62. The summed E-state index contributed by atoms with van der Waals surface area (Å²) in [6.07, 6.45) is -0.218. The Labute approximate surface area is 158 Å². The molecule has 1 aromatic heterocycles. The normalized spacial score (nSPS) is 15.5. The SMILES string of the molecule is COc1ccc(C)cc1S(=O)(=O)N1CC(Oc2ccc3ccccc3n2)C1. The molecule has 6 nitrogen and oxygen atoms in total. The standard InChI is InChI=1S/C20H20N2O4S/c1-14-7-9-18(25-2)19(11-14)27(23,24)22-12-16(13-22)26-20-10-8-15-5-3-4-6-17(15)21-20/h3-11,16H,12-13H2,1-2H3. The van der Waals surface area contributed by atoms with Crippen LogP contribution < -0.4 is 9.47 Å². The molecule has 0 unspecified atom stereocenters. The van der Waals surface area contributed by atoms with Crippen molar-refractivity contribution >= 4 is 20.9 Å². The molecule has 3 aromatic rings. The summed E-state index contributed by atoms with van der Waals surface area (Å²) in [6, 6.07) is 16.7. The second-order valence-electron chi connectivity index (χ2n) is 6.56. The molecule has 7 heteroatoms. The highest BCUT2D eigenvalue weighted by Crippen LogP contribution is 2.31. The minimum Gasteiger partial charge on any atom is -0.495 e. The molecule has 0 aliphatic carbocycles. The van der Waals surface area contributed by atoms with Gasteiger partial charge in [-0.3, -0.25) is 0 Å². The van der Waals surface area contributed by atoms with E-state index in [-0.39, 0.29) is 24.1 Å². The predicted molar refractivity (Wildman–Crippen MR) is 103 cm³/mol. The average molecular weight is 384 g/mol. The van der Waals surface area contributed by atoms with E-state index < -0.39 is 10.0 Å². The molecule has 1 fully saturated rings. The van der Waals surface area contributed by atoms with Crippen molar-refractivity contribution in [3.63, 3.8) is 0 Å². The molecule has 0 bridgehead atoms. The summed E-state index contributed by atoms with van der Waals surface area (Å²) >= 11 is 0. The summed E-state index contributed by atoms with van der Waals surface area (Å²) in [4.78, 5) is 4.66. The maximum Gasteiger partial charge on any atom is 0.247 e. The molecule has 0 spiro atoms. The molecule has 0 atom stereocenters. The maximum absolute atomic E-state index is 12.9. The van der Waals surface area contributed by atoms with Crippen molar-refractivity contribution in [3.8, 4) is 11.6 Å². The lowest BCUT2D eigenvalue weighted by molar-refractivity contribution is 0.0723. The quantitative estimate of drug-likeness (QED) is 0.676. The number of hydrogen-bond donors (Lipinski definition) is 0. The number of pyridine rings is 1. The van der Waals surface area contributed by atoms with E-state index in [0.717, 1.165) is 16.5 Å². The lowest BCUT2D eigenvalue weighted by Gasteiger charge is -2.37. The van der Waals surface area contributed by atoms with Gasteiger partial charge >= 0.3 is 0 Å². The van der Waals surface area contributed by atoms with Gasteiger partial charge in [0.2, 0.25) is 15.9 Å². The van der Waals surface area contributed by atoms with Crippen LogP contribution in [0.2, 0.25) is 0 Å². The van der Waals surface area contributed by atoms with Gasteiger partial charge in [0.25, 0.3) is 0 Å². The molecule has 1 aliphatic rings. The molecule has 4 rings (SSSR count). The van der Waals surface area contributed by atoms with Crippen LogP contribution >= 0.6 is 0 Å². The van der Waals surface area contributed by atoms with Gasteiger partial charge in [0.05, 0.1) is 25.7 Å². The number of methoxy groups -OCH3 is 1. The largest absolute Gasteiger partial charge is 0.495 e. The monoisotopic (exact) mass is 384 g/mol. The molecule has 0 radical (unpaired) electrons.